The van der Waals surface area contributed by atoms with Crippen LogP contribution in [-0.2, 0) is 6.42 Å². The molecule has 1 aliphatic heterocycles. The van der Waals surface area contributed by atoms with Gasteiger partial charge < -0.3 is 15.2 Å². The fraction of sp³-hybridized carbons (Fsp3) is 0.412. The molecule has 1 atom stereocenters. The molecule has 1 unspecified atom stereocenters. The number of amides is 1. The van der Waals surface area contributed by atoms with Gasteiger partial charge in [-0.1, -0.05) is 19.1 Å². The molecule has 1 aliphatic rings. The predicted octanol–water partition coefficient (Wildman–Crippen LogP) is 3.55. The maximum atomic E-state index is 12.4. The molecule has 1 aromatic carbocycles. The maximum absolute atomic E-state index is 12.4. The zero-order valence-electron chi connectivity index (χ0n) is 13.4. The van der Waals surface area contributed by atoms with Gasteiger partial charge in [0.1, 0.15) is 16.2 Å². The summed E-state index contributed by atoms with van der Waals surface area (Å²) < 4.78 is 6.00. The summed E-state index contributed by atoms with van der Waals surface area (Å²) in [7, 11) is 0. The molecule has 1 aromatic heterocycles. The van der Waals surface area contributed by atoms with Crippen molar-refractivity contribution in [1.29, 1.82) is 0 Å². The highest BCUT2D eigenvalue weighted by molar-refractivity contribution is 7.13. The van der Waals surface area contributed by atoms with Crippen LogP contribution in [0.2, 0.25) is 0 Å². The van der Waals surface area contributed by atoms with Crippen LogP contribution in [0.3, 0.4) is 0 Å². The van der Waals surface area contributed by atoms with E-state index in [-0.39, 0.29) is 5.91 Å². The first-order chi connectivity index (χ1) is 10.9. The van der Waals surface area contributed by atoms with Crippen LogP contribution in [0.4, 0.5) is 5.69 Å². The Morgan fingerprint density at radius 3 is 3.00 bits per heavy atom. The Morgan fingerprint density at radius 2 is 2.30 bits per heavy atom. The van der Waals surface area contributed by atoms with Crippen LogP contribution < -0.4 is 10.1 Å². The van der Waals surface area contributed by atoms with Gasteiger partial charge in [-0.05, 0) is 26.3 Å². The van der Waals surface area contributed by atoms with Crippen molar-refractivity contribution >= 4 is 22.9 Å². The van der Waals surface area contributed by atoms with Crippen molar-refractivity contribution in [2.45, 2.75) is 45.3 Å². The molecule has 23 heavy (non-hydrogen) atoms. The lowest BCUT2D eigenvalue weighted by atomic mass is 9.91. The summed E-state index contributed by atoms with van der Waals surface area (Å²) in [5.41, 5.74) is 0.805. The lowest BCUT2D eigenvalue weighted by Gasteiger charge is -2.36. The van der Waals surface area contributed by atoms with Crippen LogP contribution in [0.15, 0.2) is 24.4 Å². The fourth-order valence-electron chi connectivity index (χ4n) is 2.69. The minimum Gasteiger partial charge on any atom is -0.485 e. The maximum Gasteiger partial charge on any atom is 0.267 e. The van der Waals surface area contributed by atoms with Gasteiger partial charge in [0, 0.05) is 12.0 Å². The number of carbonyl (C=O) groups excluding carboxylic acids is 1. The average molecular weight is 332 g/mol. The molecular weight excluding hydrogens is 312 g/mol. The fourth-order valence-corrected chi connectivity index (χ4v) is 3.44. The van der Waals surface area contributed by atoms with E-state index in [1.165, 1.54) is 11.3 Å². The summed E-state index contributed by atoms with van der Waals surface area (Å²) in [5, 5.41) is 14.1. The summed E-state index contributed by atoms with van der Waals surface area (Å²) in [6, 6.07) is 5.42. The average Bonchev–Trinajstić information content (AvgIpc) is 2.96. The molecule has 0 saturated heterocycles. The number of aliphatic hydroxyl groups excluding tert-OH is 1. The Kier molecular flexibility index (Phi) is 4.12. The van der Waals surface area contributed by atoms with E-state index in [1.54, 1.807) is 12.3 Å². The lowest BCUT2D eigenvalue weighted by molar-refractivity contribution is 0.0121. The SMILES string of the molecule is CCc1ncc(C(=O)Nc2cccc3c2OC(C)(C)CC3O)s1. The number of aryl methyl sites for hydroxylation is 1. The number of aromatic nitrogens is 1. The molecule has 0 aliphatic carbocycles. The quantitative estimate of drug-likeness (QED) is 0.901. The first kappa shape index (κ1) is 16.0. The second-order valence-corrected chi connectivity index (χ2v) is 7.35. The first-order valence-electron chi connectivity index (χ1n) is 7.65. The van der Waals surface area contributed by atoms with E-state index in [0.29, 0.717) is 28.3 Å². The number of rotatable bonds is 3. The van der Waals surface area contributed by atoms with E-state index in [9.17, 15) is 9.90 Å². The summed E-state index contributed by atoms with van der Waals surface area (Å²) >= 11 is 1.38. The molecule has 122 valence electrons. The number of ether oxygens (including phenoxy) is 1. The van der Waals surface area contributed by atoms with Crippen molar-refractivity contribution in [3.63, 3.8) is 0 Å². The normalized spacial score (nSPS) is 18.9. The highest BCUT2D eigenvalue weighted by atomic mass is 32.1. The van der Waals surface area contributed by atoms with E-state index >= 15 is 0 Å². The molecular formula is C17H20N2O3S. The van der Waals surface area contributed by atoms with Crippen LogP contribution >= 0.6 is 11.3 Å². The van der Waals surface area contributed by atoms with Gasteiger partial charge in [-0.25, -0.2) is 4.98 Å². The van der Waals surface area contributed by atoms with Gasteiger partial charge in [0.2, 0.25) is 0 Å². The first-order valence-corrected chi connectivity index (χ1v) is 8.47. The smallest absolute Gasteiger partial charge is 0.267 e. The number of fused-ring (bicyclic) bond motifs is 1. The monoisotopic (exact) mass is 332 g/mol. The summed E-state index contributed by atoms with van der Waals surface area (Å²) in [4.78, 5) is 17.2. The Bertz CT molecular complexity index is 739. The molecule has 2 N–H and O–H groups in total. The van der Waals surface area contributed by atoms with Crippen LogP contribution in [-0.4, -0.2) is 21.6 Å². The van der Waals surface area contributed by atoms with E-state index < -0.39 is 11.7 Å². The highest BCUT2D eigenvalue weighted by Crippen LogP contribution is 2.43. The molecule has 1 amide bonds. The topological polar surface area (TPSA) is 71.5 Å². The molecule has 6 heteroatoms. The summed E-state index contributed by atoms with van der Waals surface area (Å²) in [6.45, 7) is 5.86. The number of thiazole rings is 1. The summed E-state index contributed by atoms with van der Waals surface area (Å²) in [6.07, 6.45) is 2.32. The number of hydrogen-bond acceptors (Lipinski definition) is 5. The molecule has 2 heterocycles. The van der Waals surface area contributed by atoms with Gasteiger partial charge in [0.25, 0.3) is 5.91 Å². The number of nitrogens with one attached hydrogen (secondary N) is 1. The zero-order chi connectivity index (χ0) is 16.6. The van der Waals surface area contributed by atoms with E-state index in [2.05, 4.69) is 10.3 Å². The Hall–Kier alpha value is -1.92. The van der Waals surface area contributed by atoms with Crippen molar-refractivity contribution in [1.82, 2.24) is 4.98 Å². The van der Waals surface area contributed by atoms with Gasteiger partial charge in [0.15, 0.2) is 0 Å². The van der Waals surface area contributed by atoms with E-state index in [1.807, 2.05) is 32.9 Å². The Labute approximate surface area is 139 Å². The van der Waals surface area contributed by atoms with Gasteiger partial charge in [-0.2, -0.15) is 0 Å². The van der Waals surface area contributed by atoms with Crippen molar-refractivity contribution in [3.8, 4) is 5.75 Å². The molecule has 0 radical (unpaired) electrons. The largest absolute Gasteiger partial charge is 0.485 e. The number of carbonyl (C=O) groups is 1. The number of aliphatic hydroxyl groups is 1. The predicted molar refractivity (Wildman–Crippen MR) is 90.2 cm³/mol. The minimum atomic E-state index is -0.597. The van der Waals surface area contributed by atoms with Gasteiger partial charge in [-0.15, -0.1) is 11.3 Å². The Balaban J connectivity index is 1.89. The van der Waals surface area contributed by atoms with Crippen LogP contribution in [0, 0.1) is 0 Å². The standard InChI is InChI=1S/C17H20N2O3S/c1-4-14-18-9-13(23-14)16(21)19-11-7-5-6-10-12(20)8-17(2,3)22-15(10)11/h5-7,9,12,20H,4,8H2,1-3H3,(H,19,21). The van der Waals surface area contributed by atoms with Gasteiger partial charge in [0.05, 0.1) is 23.0 Å². The zero-order valence-corrected chi connectivity index (χ0v) is 14.2. The third-order valence-corrected chi connectivity index (χ3v) is 4.94. The van der Waals surface area contributed by atoms with Crippen LogP contribution in [0.1, 0.15) is 53.5 Å². The van der Waals surface area contributed by atoms with Crippen molar-refractivity contribution in [2.24, 2.45) is 0 Å². The second kappa shape index (κ2) is 5.94. The molecule has 3 rings (SSSR count). The number of hydrogen-bond donors (Lipinski definition) is 2. The number of anilines is 1. The molecule has 0 spiro atoms. The van der Waals surface area contributed by atoms with Crippen LogP contribution in [0.25, 0.3) is 0 Å². The molecule has 5 nitrogen and oxygen atoms in total. The Morgan fingerprint density at radius 1 is 1.52 bits per heavy atom. The van der Waals surface area contributed by atoms with E-state index in [0.717, 1.165) is 11.4 Å². The molecule has 0 fully saturated rings. The van der Waals surface area contributed by atoms with Gasteiger partial charge >= 0.3 is 0 Å². The number of benzene rings is 1. The third-order valence-electron chi connectivity index (χ3n) is 3.80. The van der Waals surface area contributed by atoms with Crippen molar-refractivity contribution in [3.05, 3.63) is 39.8 Å². The number of nitrogens with zero attached hydrogens (tertiary/aromatic N) is 1. The van der Waals surface area contributed by atoms with E-state index in [4.69, 9.17) is 4.74 Å². The minimum absolute atomic E-state index is 0.211. The van der Waals surface area contributed by atoms with Crippen molar-refractivity contribution < 1.29 is 14.6 Å². The highest BCUT2D eigenvalue weighted by Gasteiger charge is 2.34. The second-order valence-electron chi connectivity index (χ2n) is 6.23. The molecule has 0 saturated carbocycles. The van der Waals surface area contributed by atoms with Gasteiger partial charge in [-0.3, -0.25) is 4.79 Å². The third kappa shape index (κ3) is 3.23. The molecule has 0 bridgehead atoms. The van der Waals surface area contributed by atoms with Crippen molar-refractivity contribution in [2.75, 3.05) is 5.32 Å². The number of para-hydroxylation sites is 1. The molecule has 2 aromatic rings. The summed E-state index contributed by atoms with van der Waals surface area (Å²) in [5.74, 6) is 0.335. The van der Waals surface area contributed by atoms with Crippen LogP contribution in [0.5, 0.6) is 5.75 Å². The lowest BCUT2D eigenvalue weighted by Crippen LogP contribution is -2.35.